The third-order valence-electron chi connectivity index (χ3n) is 5.78. The molecule has 31 heavy (non-hydrogen) atoms. The first-order valence-corrected chi connectivity index (χ1v) is 10.9. The first kappa shape index (κ1) is 24.0. The Labute approximate surface area is 201 Å². The monoisotopic (exact) mass is 540 g/mol. The fourth-order valence-electron chi connectivity index (χ4n) is 3.98. The van der Waals surface area contributed by atoms with E-state index in [1.54, 1.807) is 6.20 Å². The zero-order chi connectivity index (χ0) is 20.8. The molecule has 2 saturated heterocycles. The van der Waals surface area contributed by atoms with Crippen LogP contribution in [-0.2, 0) is 16.0 Å². The smallest absolute Gasteiger partial charge is 0.214 e. The number of nitrogens with one attached hydrogen (secondary N) is 1. The van der Waals surface area contributed by atoms with Crippen LogP contribution in [0.3, 0.4) is 0 Å². The van der Waals surface area contributed by atoms with Gasteiger partial charge in [-0.3, -0.25) is 4.99 Å². The van der Waals surface area contributed by atoms with Crippen LogP contribution < -0.4 is 5.32 Å². The Balaban J connectivity index is 0.00000272. The number of benzene rings is 1. The molecule has 1 N–H and O–H groups in total. The van der Waals surface area contributed by atoms with Crippen molar-refractivity contribution in [3.05, 3.63) is 41.9 Å². The molecular weight excluding hydrogens is 507 g/mol. The van der Waals surface area contributed by atoms with Gasteiger partial charge in [0.15, 0.2) is 11.7 Å². The normalized spacial score (nSPS) is 20.0. The number of halogens is 1. The number of aliphatic imine (C=N–C) groups is 1. The van der Waals surface area contributed by atoms with E-state index in [1.807, 2.05) is 7.05 Å². The fraction of sp³-hybridized carbons (Fsp3) is 0.565. The Kier molecular flexibility index (Phi) is 9.15. The lowest BCUT2D eigenvalue weighted by atomic mass is 10.1. The van der Waals surface area contributed by atoms with Gasteiger partial charge in [-0.1, -0.05) is 29.8 Å². The zero-order valence-electron chi connectivity index (χ0n) is 18.4. The SMILES string of the molecule is CN=C(NCc1ncc(-c2ccc(C)cc2)o1)N1CCC(OCC2CCCO2)CC1.I. The van der Waals surface area contributed by atoms with Crippen molar-refractivity contribution in [1.82, 2.24) is 15.2 Å². The maximum absolute atomic E-state index is 6.07. The molecule has 0 spiro atoms. The van der Waals surface area contributed by atoms with Gasteiger partial charge in [0.2, 0.25) is 5.89 Å². The lowest BCUT2D eigenvalue weighted by Gasteiger charge is -2.34. The molecule has 0 aliphatic carbocycles. The van der Waals surface area contributed by atoms with Crippen LogP contribution in [0.4, 0.5) is 0 Å². The van der Waals surface area contributed by atoms with E-state index >= 15 is 0 Å². The van der Waals surface area contributed by atoms with Crippen molar-refractivity contribution in [1.29, 1.82) is 0 Å². The minimum atomic E-state index is 0. The Morgan fingerprint density at radius 1 is 1.23 bits per heavy atom. The van der Waals surface area contributed by atoms with Crippen molar-refractivity contribution < 1.29 is 13.9 Å². The molecular formula is C23H33IN4O3. The molecule has 2 aliphatic heterocycles. The molecule has 3 heterocycles. The highest BCUT2D eigenvalue weighted by molar-refractivity contribution is 14.0. The molecule has 0 amide bonds. The Hall–Kier alpha value is -1.65. The second-order valence-corrected chi connectivity index (χ2v) is 8.04. The summed E-state index contributed by atoms with van der Waals surface area (Å²) in [6.07, 6.45) is 6.68. The van der Waals surface area contributed by atoms with E-state index in [0.717, 1.165) is 69.3 Å². The first-order chi connectivity index (χ1) is 14.7. The summed E-state index contributed by atoms with van der Waals surface area (Å²) in [5.41, 5.74) is 2.26. The summed E-state index contributed by atoms with van der Waals surface area (Å²) >= 11 is 0. The number of ether oxygens (including phenoxy) is 2. The second kappa shape index (κ2) is 11.8. The van der Waals surface area contributed by atoms with Gasteiger partial charge in [0.1, 0.15) is 0 Å². The van der Waals surface area contributed by atoms with Gasteiger partial charge in [-0.2, -0.15) is 0 Å². The Bertz CT molecular complexity index is 826. The van der Waals surface area contributed by atoms with E-state index < -0.39 is 0 Å². The molecule has 8 heteroatoms. The van der Waals surface area contributed by atoms with E-state index in [-0.39, 0.29) is 24.0 Å². The number of nitrogens with zero attached hydrogens (tertiary/aromatic N) is 3. The number of hydrogen-bond acceptors (Lipinski definition) is 5. The molecule has 1 aromatic carbocycles. The number of guanidine groups is 1. The van der Waals surface area contributed by atoms with Crippen LogP contribution in [0.5, 0.6) is 0 Å². The average Bonchev–Trinajstić information content (AvgIpc) is 3.46. The molecule has 1 aromatic heterocycles. The summed E-state index contributed by atoms with van der Waals surface area (Å²) in [5.74, 6) is 2.31. The molecule has 0 saturated carbocycles. The van der Waals surface area contributed by atoms with Crippen LogP contribution in [0.2, 0.25) is 0 Å². The first-order valence-electron chi connectivity index (χ1n) is 10.9. The average molecular weight is 540 g/mol. The third-order valence-corrected chi connectivity index (χ3v) is 5.78. The van der Waals surface area contributed by atoms with Crippen LogP contribution in [-0.4, -0.2) is 61.4 Å². The predicted molar refractivity (Wildman–Crippen MR) is 132 cm³/mol. The van der Waals surface area contributed by atoms with Gasteiger partial charge in [-0.25, -0.2) is 4.98 Å². The summed E-state index contributed by atoms with van der Waals surface area (Å²) in [7, 11) is 1.82. The van der Waals surface area contributed by atoms with Gasteiger partial charge < -0.3 is 24.1 Å². The van der Waals surface area contributed by atoms with Gasteiger partial charge in [-0.05, 0) is 32.6 Å². The van der Waals surface area contributed by atoms with Crippen LogP contribution in [0.15, 0.2) is 39.9 Å². The summed E-state index contributed by atoms with van der Waals surface area (Å²) in [4.78, 5) is 11.1. The minimum absolute atomic E-state index is 0. The lowest BCUT2D eigenvalue weighted by molar-refractivity contribution is -0.0367. The molecule has 0 bridgehead atoms. The molecule has 7 nitrogen and oxygen atoms in total. The maximum atomic E-state index is 6.07. The number of aryl methyl sites for hydroxylation is 1. The maximum Gasteiger partial charge on any atom is 0.214 e. The number of piperidine rings is 1. The largest absolute Gasteiger partial charge is 0.439 e. The van der Waals surface area contributed by atoms with Crippen molar-refractivity contribution in [2.75, 3.05) is 33.4 Å². The second-order valence-electron chi connectivity index (χ2n) is 8.04. The quantitative estimate of drug-likeness (QED) is 0.340. The number of oxazole rings is 1. The van der Waals surface area contributed by atoms with Crippen LogP contribution >= 0.6 is 24.0 Å². The standard InChI is InChI=1S/C23H32N4O3.HI/c1-17-5-7-18(8-6-17)21-14-25-22(30-21)15-26-23(24-2)27-11-9-19(10-12-27)29-16-20-4-3-13-28-20;/h5-8,14,19-20H,3-4,9-13,15-16H2,1-2H3,(H,24,26);1H. The fourth-order valence-corrected chi connectivity index (χ4v) is 3.98. The molecule has 1 unspecified atom stereocenters. The highest BCUT2D eigenvalue weighted by Gasteiger charge is 2.24. The highest BCUT2D eigenvalue weighted by Crippen LogP contribution is 2.21. The van der Waals surface area contributed by atoms with Crippen LogP contribution in [0, 0.1) is 6.92 Å². The number of aromatic nitrogens is 1. The molecule has 4 rings (SSSR count). The summed E-state index contributed by atoms with van der Waals surface area (Å²) in [5, 5.41) is 3.38. The van der Waals surface area contributed by atoms with Gasteiger partial charge in [0.05, 0.1) is 31.6 Å². The van der Waals surface area contributed by atoms with Gasteiger partial charge in [-0.15, -0.1) is 24.0 Å². The zero-order valence-corrected chi connectivity index (χ0v) is 20.7. The molecule has 2 aromatic rings. The minimum Gasteiger partial charge on any atom is -0.439 e. The molecule has 0 radical (unpaired) electrons. The van der Waals surface area contributed by atoms with Crippen molar-refractivity contribution in [3.8, 4) is 11.3 Å². The van der Waals surface area contributed by atoms with E-state index in [4.69, 9.17) is 13.9 Å². The summed E-state index contributed by atoms with van der Waals surface area (Å²) in [6.45, 7) is 6.04. The van der Waals surface area contributed by atoms with Crippen molar-refractivity contribution in [2.24, 2.45) is 4.99 Å². The molecule has 2 aliphatic rings. The van der Waals surface area contributed by atoms with Crippen molar-refractivity contribution in [2.45, 2.75) is 51.4 Å². The highest BCUT2D eigenvalue weighted by atomic mass is 127. The van der Waals surface area contributed by atoms with Gasteiger partial charge in [0, 0.05) is 32.3 Å². The Morgan fingerprint density at radius 3 is 2.68 bits per heavy atom. The Morgan fingerprint density at radius 2 is 2.00 bits per heavy atom. The topological polar surface area (TPSA) is 72.1 Å². The molecule has 2 fully saturated rings. The van der Waals surface area contributed by atoms with Crippen molar-refractivity contribution >= 4 is 29.9 Å². The summed E-state index contributed by atoms with van der Waals surface area (Å²) in [6, 6.07) is 8.26. The predicted octanol–water partition coefficient (Wildman–Crippen LogP) is 4.00. The molecule has 170 valence electrons. The van der Waals surface area contributed by atoms with E-state index in [1.165, 1.54) is 5.56 Å². The van der Waals surface area contributed by atoms with Gasteiger partial charge >= 0.3 is 0 Å². The number of rotatable bonds is 6. The molecule has 1 atom stereocenters. The number of likely N-dealkylation sites (tertiary alicyclic amines) is 1. The van der Waals surface area contributed by atoms with Gasteiger partial charge in [0.25, 0.3) is 0 Å². The van der Waals surface area contributed by atoms with Crippen molar-refractivity contribution in [3.63, 3.8) is 0 Å². The van der Waals surface area contributed by atoms with E-state index in [2.05, 4.69) is 51.4 Å². The third kappa shape index (κ3) is 6.66. The lowest BCUT2D eigenvalue weighted by Crippen LogP contribution is -2.47. The van der Waals surface area contributed by atoms with Crippen LogP contribution in [0.1, 0.15) is 37.1 Å². The summed E-state index contributed by atoms with van der Waals surface area (Å²) < 4.78 is 17.6. The van der Waals surface area contributed by atoms with E-state index in [0.29, 0.717) is 24.6 Å². The number of hydrogen-bond donors (Lipinski definition) is 1. The van der Waals surface area contributed by atoms with E-state index in [9.17, 15) is 0 Å². The van der Waals surface area contributed by atoms with Crippen LogP contribution in [0.25, 0.3) is 11.3 Å².